The van der Waals surface area contributed by atoms with Gasteiger partial charge in [-0.25, -0.2) is 4.79 Å². The molecule has 0 aliphatic carbocycles. The number of rotatable bonds is 44. The number of nitrogens with one attached hydrogen (secondary N) is 2. The molecule has 0 aromatic heterocycles. The van der Waals surface area contributed by atoms with E-state index >= 15 is 0 Å². The molecule has 9 heteroatoms. The van der Waals surface area contributed by atoms with Gasteiger partial charge in [0.2, 0.25) is 11.8 Å². The second-order valence-corrected chi connectivity index (χ2v) is 16.5. The molecule has 0 aliphatic heterocycles. The molecule has 2 amide bonds. The SMILES string of the molecule is CCCCCC/C=C\C/C=C\C(CCCCCCCCC(=O)NCC(=O)NC(CO)C(=O)O)OC(=O)CCCCCCCCCCC/C=C\CCCCCCCCCC. The van der Waals surface area contributed by atoms with Crippen molar-refractivity contribution in [2.45, 2.75) is 244 Å². The van der Waals surface area contributed by atoms with Gasteiger partial charge in [0.05, 0.1) is 13.2 Å². The first-order valence-corrected chi connectivity index (χ1v) is 24.4. The first kappa shape index (κ1) is 56.1. The number of allylic oxidation sites excluding steroid dienone is 5. The van der Waals surface area contributed by atoms with Crippen molar-refractivity contribution in [1.29, 1.82) is 0 Å². The zero-order chi connectivity index (χ0) is 43.3. The summed E-state index contributed by atoms with van der Waals surface area (Å²) < 4.78 is 5.95. The Hall–Kier alpha value is -2.94. The van der Waals surface area contributed by atoms with Crippen molar-refractivity contribution in [2.75, 3.05) is 13.2 Å². The minimum absolute atomic E-state index is 0.0937. The van der Waals surface area contributed by atoms with Gasteiger partial charge in [-0.1, -0.05) is 179 Å². The highest BCUT2D eigenvalue weighted by molar-refractivity contribution is 5.87. The molecular formula is C50H90N2O7. The van der Waals surface area contributed by atoms with Crippen LogP contribution in [0.4, 0.5) is 0 Å². The number of carbonyl (C=O) groups excluding carboxylic acids is 3. The summed E-state index contributed by atoms with van der Waals surface area (Å²) in [5, 5.41) is 22.5. The van der Waals surface area contributed by atoms with Gasteiger partial charge in [-0.05, 0) is 76.7 Å². The maximum atomic E-state index is 12.8. The van der Waals surface area contributed by atoms with Crippen LogP contribution in [0.1, 0.15) is 232 Å². The van der Waals surface area contributed by atoms with Gasteiger partial charge in [-0.2, -0.15) is 0 Å². The molecule has 0 bridgehead atoms. The first-order chi connectivity index (χ1) is 28.8. The third-order valence-corrected chi connectivity index (χ3v) is 10.8. The van der Waals surface area contributed by atoms with Gasteiger partial charge in [0.1, 0.15) is 12.1 Å². The third kappa shape index (κ3) is 41.6. The molecule has 59 heavy (non-hydrogen) atoms. The zero-order valence-corrected chi connectivity index (χ0v) is 38.0. The lowest BCUT2D eigenvalue weighted by Gasteiger charge is -2.15. The maximum Gasteiger partial charge on any atom is 0.328 e. The second kappa shape index (κ2) is 44.6. The van der Waals surface area contributed by atoms with E-state index in [0.29, 0.717) is 19.3 Å². The molecule has 0 aromatic rings. The average molecular weight is 831 g/mol. The molecule has 0 aromatic carbocycles. The number of aliphatic hydroxyl groups excluding tert-OH is 1. The molecule has 0 spiro atoms. The number of amides is 2. The van der Waals surface area contributed by atoms with Gasteiger partial charge in [0.25, 0.3) is 0 Å². The fourth-order valence-electron chi connectivity index (χ4n) is 7.07. The Bertz CT molecular complexity index is 1090. The number of hydrogen-bond donors (Lipinski definition) is 4. The monoisotopic (exact) mass is 831 g/mol. The molecule has 4 N–H and O–H groups in total. The summed E-state index contributed by atoms with van der Waals surface area (Å²) in [6, 6.07) is -1.38. The lowest BCUT2D eigenvalue weighted by molar-refractivity contribution is -0.147. The van der Waals surface area contributed by atoms with Crippen LogP contribution in [0.2, 0.25) is 0 Å². The van der Waals surface area contributed by atoms with E-state index in [2.05, 4.69) is 60.9 Å². The van der Waals surface area contributed by atoms with Crippen LogP contribution in [0.5, 0.6) is 0 Å². The van der Waals surface area contributed by atoms with E-state index in [4.69, 9.17) is 14.9 Å². The molecule has 2 unspecified atom stereocenters. The summed E-state index contributed by atoms with van der Waals surface area (Å²) in [4.78, 5) is 47.5. The Morgan fingerprint density at radius 3 is 1.47 bits per heavy atom. The van der Waals surface area contributed by atoms with Crippen molar-refractivity contribution in [3.63, 3.8) is 0 Å². The molecule has 0 fully saturated rings. The molecule has 0 saturated heterocycles. The van der Waals surface area contributed by atoms with E-state index in [9.17, 15) is 19.2 Å². The minimum atomic E-state index is -1.38. The van der Waals surface area contributed by atoms with Crippen molar-refractivity contribution in [3.05, 3.63) is 36.5 Å². The largest absolute Gasteiger partial charge is 0.480 e. The fourth-order valence-corrected chi connectivity index (χ4v) is 7.07. The van der Waals surface area contributed by atoms with Gasteiger partial charge >= 0.3 is 11.9 Å². The van der Waals surface area contributed by atoms with E-state index in [1.165, 1.54) is 135 Å². The Morgan fingerprint density at radius 2 is 0.966 bits per heavy atom. The van der Waals surface area contributed by atoms with Crippen molar-refractivity contribution in [1.82, 2.24) is 10.6 Å². The number of aliphatic carboxylic acids is 1. The zero-order valence-electron chi connectivity index (χ0n) is 38.0. The lowest BCUT2D eigenvalue weighted by Crippen LogP contribution is -2.47. The van der Waals surface area contributed by atoms with E-state index < -0.39 is 24.5 Å². The van der Waals surface area contributed by atoms with Crippen molar-refractivity contribution in [2.24, 2.45) is 0 Å². The van der Waals surface area contributed by atoms with Crippen LogP contribution >= 0.6 is 0 Å². The lowest BCUT2D eigenvalue weighted by atomic mass is 10.0. The molecule has 0 aliphatic rings. The van der Waals surface area contributed by atoms with Crippen molar-refractivity contribution < 1.29 is 34.1 Å². The van der Waals surface area contributed by atoms with Crippen molar-refractivity contribution in [3.8, 4) is 0 Å². The number of carboxylic acids is 1. The second-order valence-electron chi connectivity index (χ2n) is 16.5. The van der Waals surface area contributed by atoms with E-state index in [0.717, 1.165) is 64.2 Å². The number of ether oxygens (including phenoxy) is 1. The number of aliphatic hydroxyl groups is 1. The number of carbonyl (C=O) groups is 4. The first-order valence-electron chi connectivity index (χ1n) is 24.4. The van der Waals surface area contributed by atoms with Gasteiger partial charge in [-0.3, -0.25) is 14.4 Å². The van der Waals surface area contributed by atoms with Crippen LogP contribution in [-0.2, 0) is 23.9 Å². The van der Waals surface area contributed by atoms with E-state index in [1.807, 2.05) is 0 Å². The molecule has 9 nitrogen and oxygen atoms in total. The van der Waals surface area contributed by atoms with E-state index in [1.54, 1.807) is 0 Å². The summed E-state index contributed by atoms with van der Waals surface area (Å²) >= 11 is 0. The highest BCUT2D eigenvalue weighted by atomic mass is 16.5. The molecule has 0 radical (unpaired) electrons. The maximum absolute atomic E-state index is 12.8. The number of carboxylic acid groups (broad SMARTS) is 1. The highest BCUT2D eigenvalue weighted by Gasteiger charge is 2.18. The molecule has 0 saturated carbocycles. The Kier molecular flexibility index (Phi) is 42.4. The highest BCUT2D eigenvalue weighted by Crippen LogP contribution is 2.16. The molecular weight excluding hydrogens is 741 g/mol. The topological polar surface area (TPSA) is 142 Å². The van der Waals surface area contributed by atoms with E-state index in [-0.39, 0.29) is 24.5 Å². The number of unbranched alkanes of at least 4 members (excludes halogenated alkanes) is 26. The number of esters is 1. The van der Waals surface area contributed by atoms with Crippen LogP contribution in [0, 0.1) is 0 Å². The summed E-state index contributed by atoms with van der Waals surface area (Å²) in [5.74, 6) is -2.34. The van der Waals surface area contributed by atoms with Crippen molar-refractivity contribution >= 4 is 23.8 Å². The summed E-state index contributed by atoms with van der Waals surface area (Å²) in [7, 11) is 0. The normalized spacial score (nSPS) is 12.7. The molecule has 0 rings (SSSR count). The average Bonchev–Trinajstić information content (AvgIpc) is 3.22. The van der Waals surface area contributed by atoms with Crippen LogP contribution in [-0.4, -0.2) is 59.3 Å². The molecule has 0 heterocycles. The summed E-state index contributed by atoms with van der Waals surface area (Å²) in [6.07, 6.45) is 52.1. The fraction of sp³-hybridized carbons (Fsp3) is 0.800. The summed E-state index contributed by atoms with van der Waals surface area (Å²) in [6.45, 7) is 3.47. The molecule has 2 atom stereocenters. The van der Waals surface area contributed by atoms with Gasteiger partial charge in [-0.15, -0.1) is 0 Å². The van der Waals surface area contributed by atoms with Crippen LogP contribution in [0.3, 0.4) is 0 Å². The van der Waals surface area contributed by atoms with Gasteiger partial charge in [0, 0.05) is 12.8 Å². The third-order valence-electron chi connectivity index (χ3n) is 10.8. The smallest absolute Gasteiger partial charge is 0.328 e. The summed E-state index contributed by atoms with van der Waals surface area (Å²) in [5.41, 5.74) is 0. The molecule has 342 valence electrons. The Morgan fingerprint density at radius 1 is 0.525 bits per heavy atom. The van der Waals surface area contributed by atoms with Crippen LogP contribution in [0.15, 0.2) is 36.5 Å². The standard InChI is InChI=1S/C50H90N2O7/c1-3-5-7-9-11-13-14-15-16-17-18-19-20-21-22-23-24-26-28-34-38-42-49(56)59-45(39-35-31-27-25-12-10-8-6-4-2)40-36-32-29-30-33-37-41-47(54)51-43-48(55)52-46(44-53)50(57)58/h17-18,25,27,35,39,45-46,53H,3-16,19-24,26,28-34,36-38,40-44H2,1-2H3,(H,51,54)(H,52,55)(H,57,58)/b18-17-,27-25-,39-35-. The Balaban J connectivity index is 4.18. The van der Waals surface area contributed by atoms with Crippen LogP contribution in [0.25, 0.3) is 0 Å². The number of hydrogen-bond acceptors (Lipinski definition) is 6. The van der Waals surface area contributed by atoms with Gasteiger partial charge < -0.3 is 25.6 Å². The van der Waals surface area contributed by atoms with Crippen LogP contribution < -0.4 is 10.6 Å². The Labute approximate surface area is 361 Å². The minimum Gasteiger partial charge on any atom is -0.480 e. The van der Waals surface area contributed by atoms with Gasteiger partial charge in [0.15, 0.2) is 0 Å². The quantitative estimate of drug-likeness (QED) is 0.0272. The predicted molar refractivity (Wildman–Crippen MR) is 245 cm³/mol. The predicted octanol–water partition coefficient (Wildman–Crippen LogP) is 12.5.